The molecule has 9 heterocycles. The Morgan fingerprint density at radius 3 is 1.14 bits per heavy atom. The lowest BCUT2D eigenvalue weighted by Crippen LogP contribution is -2.54. The number of aromatic nitrogens is 3. The molecule has 6 fully saturated rings. The van der Waals surface area contributed by atoms with Crippen LogP contribution in [0.2, 0.25) is 0 Å². The molecule has 3 aliphatic heterocycles. The van der Waals surface area contributed by atoms with Gasteiger partial charge in [0.2, 0.25) is 0 Å². The zero-order valence-corrected chi connectivity index (χ0v) is 52.7. The lowest BCUT2D eigenvalue weighted by molar-refractivity contribution is 0.0995. The van der Waals surface area contributed by atoms with E-state index in [0.717, 1.165) is 102 Å². The number of likely N-dealkylation sites (N-methyl/N-ethyl adjacent to an activating group) is 1. The zero-order valence-electron chi connectivity index (χ0n) is 50.2. The van der Waals surface area contributed by atoms with Crippen molar-refractivity contribution in [3.05, 3.63) is 116 Å². The SMILES string of the molecule is Cc1c(C(N)=O)sc2c1c(=O)c1cc(F)c(N3CC(C)NC(C)C3)cc1n2C1CC1.Cc1c(C(N)=O)sc2c1c(=O)c1cc(F)c(N3CCN(C)CC3)cc1n2C1CC1.Cc1c(C(N)=O)sc2c1c(=O)c1cc(F)c(N3CCNC(C)C3)cc1n2C1CC1. The van der Waals surface area contributed by atoms with Crippen LogP contribution in [0.25, 0.3) is 63.4 Å². The number of anilines is 3. The van der Waals surface area contributed by atoms with Crippen molar-refractivity contribution >= 4 is 132 Å². The zero-order chi connectivity index (χ0) is 62.2. The summed E-state index contributed by atoms with van der Waals surface area (Å²) < 4.78 is 51.8. The highest BCUT2D eigenvalue weighted by atomic mass is 32.1. The molecule has 3 aliphatic carbocycles. The van der Waals surface area contributed by atoms with Crippen LogP contribution in [-0.4, -0.2) is 120 Å². The number of hydrogen-bond acceptors (Lipinski definition) is 15. The van der Waals surface area contributed by atoms with Crippen molar-refractivity contribution in [2.75, 3.05) is 80.7 Å². The summed E-state index contributed by atoms with van der Waals surface area (Å²) in [4.78, 5) is 87.5. The molecule has 18 nitrogen and oxygen atoms in total. The first-order chi connectivity index (χ1) is 42.0. The topological polar surface area (TPSA) is 232 Å². The van der Waals surface area contributed by atoms with E-state index in [0.29, 0.717) is 107 Å². The molecule has 88 heavy (non-hydrogen) atoms. The van der Waals surface area contributed by atoms with Crippen LogP contribution in [0.5, 0.6) is 0 Å². The van der Waals surface area contributed by atoms with Crippen LogP contribution in [0.3, 0.4) is 0 Å². The normalized spacial score (nSPS) is 20.1. The lowest BCUT2D eigenvalue weighted by atomic mass is 10.1. The maximum Gasteiger partial charge on any atom is 0.259 e. The van der Waals surface area contributed by atoms with E-state index in [-0.39, 0.29) is 70.0 Å². The number of aryl methyl sites for hydroxylation is 3. The summed E-state index contributed by atoms with van der Waals surface area (Å²) >= 11 is 3.82. The van der Waals surface area contributed by atoms with E-state index in [9.17, 15) is 28.8 Å². The van der Waals surface area contributed by atoms with Gasteiger partial charge in [-0.05, 0) is 140 Å². The van der Waals surface area contributed by atoms with Crippen LogP contribution in [0, 0.1) is 38.2 Å². The quantitative estimate of drug-likeness (QED) is 0.0911. The number of thiophene rings is 3. The molecule has 3 saturated carbocycles. The fourth-order valence-corrected chi connectivity index (χ4v) is 17.3. The van der Waals surface area contributed by atoms with Gasteiger partial charge in [-0.2, -0.15) is 0 Å². The van der Waals surface area contributed by atoms with Gasteiger partial charge in [-0.15, -0.1) is 34.0 Å². The molecule has 24 heteroatoms. The van der Waals surface area contributed by atoms with Crippen LogP contribution in [0.1, 0.15) is 123 Å². The number of nitrogens with one attached hydrogen (secondary N) is 2. The lowest BCUT2D eigenvalue weighted by Gasteiger charge is -2.38. The van der Waals surface area contributed by atoms with Crippen molar-refractivity contribution < 1.29 is 27.6 Å². The van der Waals surface area contributed by atoms with Crippen molar-refractivity contribution in [3.8, 4) is 0 Å². The molecule has 3 unspecified atom stereocenters. The van der Waals surface area contributed by atoms with Gasteiger partial charge in [0.15, 0.2) is 16.3 Å². The van der Waals surface area contributed by atoms with Gasteiger partial charge in [0.1, 0.15) is 31.9 Å². The molecule has 462 valence electrons. The molecule has 6 aliphatic rings. The minimum absolute atomic E-state index is 0.225. The monoisotopic (exact) mass is 1260 g/mol. The first-order valence-electron chi connectivity index (χ1n) is 30.2. The number of fused-ring (bicyclic) bond motifs is 6. The molecule has 0 bridgehead atoms. The van der Waals surface area contributed by atoms with Crippen LogP contribution < -0.4 is 58.8 Å². The Balaban J connectivity index is 0.000000122. The summed E-state index contributed by atoms with van der Waals surface area (Å²) in [5.41, 5.74) is 21.6. The summed E-state index contributed by atoms with van der Waals surface area (Å²) in [6.07, 6.45) is 6.05. The Bertz CT molecular complexity index is 4610. The molecular weight excluding hydrogens is 1190 g/mol. The Morgan fingerprint density at radius 1 is 0.477 bits per heavy atom. The highest BCUT2D eigenvalue weighted by Gasteiger charge is 2.35. The average molecular weight is 1260 g/mol. The number of nitrogens with two attached hydrogens (primary N) is 3. The number of piperazine rings is 3. The van der Waals surface area contributed by atoms with Gasteiger partial charge in [0, 0.05) is 111 Å². The summed E-state index contributed by atoms with van der Waals surface area (Å²) in [6.45, 7) is 18.4. The molecule has 6 aromatic heterocycles. The van der Waals surface area contributed by atoms with Gasteiger partial charge in [-0.3, -0.25) is 28.8 Å². The van der Waals surface area contributed by atoms with E-state index in [1.165, 1.54) is 52.2 Å². The molecule has 0 radical (unpaired) electrons. The maximum absolute atomic E-state index is 15.2. The second kappa shape index (κ2) is 22.6. The number of carbonyl (C=O) groups is 3. The molecule has 15 rings (SSSR count). The van der Waals surface area contributed by atoms with E-state index in [2.05, 4.69) is 66.9 Å². The molecular formula is C64H71F3N12O6S3. The molecule has 0 spiro atoms. The molecule has 3 atom stereocenters. The highest BCUT2D eigenvalue weighted by Crippen LogP contribution is 2.47. The minimum atomic E-state index is -0.532. The first kappa shape index (κ1) is 59.6. The van der Waals surface area contributed by atoms with Crippen LogP contribution in [-0.2, 0) is 0 Å². The molecule has 9 aromatic rings. The number of amides is 3. The number of hydrogen-bond donors (Lipinski definition) is 5. The fourth-order valence-electron chi connectivity index (χ4n) is 13.6. The van der Waals surface area contributed by atoms with Crippen molar-refractivity contribution in [2.24, 2.45) is 17.2 Å². The summed E-state index contributed by atoms with van der Waals surface area (Å²) in [5.74, 6) is -2.73. The van der Waals surface area contributed by atoms with Crippen LogP contribution >= 0.6 is 34.0 Å². The number of carbonyl (C=O) groups excluding carboxylic acids is 3. The third-order valence-corrected chi connectivity index (χ3v) is 22.2. The second-order valence-electron chi connectivity index (χ2n) is 25.0. The summed E-state index contributed by atoms with van der Waals surface area (Å²) in [6, 6.07) is 11.2. The second-order valence-corrected chi connectivity index (χ2v) is 28.0. The Labute approximate surface area is 516 Å². The van der Waals surface area contributed by atoms with Gasteiger partial charge in [0.05, 0.1) is 64.4 Å². The number of nitrogens with zero attached hydrogens (tertiary/aromatic N) is 7. The highest BCUT2D eigenvalue weighted by molar-refractivity contribution is 7.21. The van der Waals surface area contributed by atoms with Gasteiger partial charge in [0.25, 0.3) is 17.7 Å². The van der Waals surface area contributed by atoms with Crippen molar-refractivity contribution in [3.63, 3.8) is 0 Å². The Morgan fingerprint density at radius 2 is 0.807 bits per heavy atom. The summed E-state index contributed by atoms with van der Waals surface area (Å²) in [5, 5.41) is 9.42. The van der Waals surface area contributed by atoms with Crippen molar-refractivity contribution in [2.45, 2.75) is 116 Å². The smallest absolute Gasteiger partial charge is 0.259 e. The van der Waals surface area contributed by atoms with E-state index in [1.54, 1.807) is 20.8 Å². The van der Waals surface area contributed by atoms with E-state index >= 15 is 13.2 Å². The fraction of sp³-hybridized carbons (Fsp3) is 0.438. The minimum Gasteiger partial charge on any atom is -0.367 e. The Kier molecular flexibility index (Phi) is 15.3. The predicted molar refractivity (Wildman–Crippen MR) is 349 cm³/mol. The predicted octanol–water partition coefficient (Wildman–Crippen LogP) is 9.03. The maximum atomic E-state index is 15.2. The third-order valence-electron chi connectivity index (χ3n) is 18.3. The number of benzene rings is 3. The largest absolute Gasteiger partial charge is 0.367 e. The number of halogens is 3. The van der Waals surface area contributed by atoms with E-state index < -0.39 is 17.7 Å². The van der Waals surface area contributed by atoms with Crippen LogP contribution in [0.4, 0.5) is 30.2 Å². The Hall–Kier alpha value is -7.35. The van der Waals surface area contributed by atoms with Crippen molar-refractivity contribution in [1.29, 1.82) is 0 Å². The average Bonchev–Trinajstić information content (AvgIpc) is 1.55. The number of pyridine rings is 3. The van der Waals surface area contributed by atoms with Gasteiger partial charge < -0.3 is 61.1 Å². The standard InChI is InChI=1S/C22H25FN4O2S.2C21H23FN4O2S/c1-10-8-26(9-11(2)25-10)17-7-16-14(6-15(17)23)19(28)18-12(3)20(21(24)29)30-22(18)27(16)13-4-5-13;1-11-17-18(27)13-9-14(22)16(25-7-5-24(2)6-8-25)10-15(13)26(12-3-4-12)21(17)29-19(11)20(23)28;1-10-9-25(6-5-24-10)16-8-15-13(7-14(16)22)18(27)17-11(2)19(20(23)28)29-21(17)26(15)12-3-4-12/h6-7,10-11,13,25H,4-5,8-9H2,1-3H3,(H2,24,29);9-10,12H,3-8H2,1-2H3,(H2,23,28);7-8,10,12,24H,3-6,9H2,1-2H3,(H2,23,28). The van der Waals surface area contributed by atoms with Crippen molar-refractivity contribution in [1.82, 2.24) is 29.2 Å². The van der Waals surface area contributed by atoms with Crippen LogP contribution in [0.15, 0.2) is 50.8 Å². The van der Waals surface area contributed by atoms with E-state index in [1.807, 2.05) is 23.1 Å². The van der Waals surface area contributed by atoms with Gasteiger partial charge in [-0.1, -0.05) is 0 Å². The number of primary amides is 3. The third kappa shape index (κ3) is 10.4. The van der Waals surface area contributed by atoms with E-state index in [4.69, 9.17) is 17.2 Å². The first-order valence-corrected chi connectivity index (χ1v) is 32.7. The van der Waals surface area contributed by atoms with Gasteiger partial charge in [-0.25, -0.2) is 13.2 Å². The molecule has 8 N–H and O–H groups in total. The molecule has 3 saturated heterocycles. The molecule has 3 aromatic carbocycles. The number of rotatable bonds is 9. The molecule has 3 amide bonds. The summed E-state index contributed by atoms with van der Waals surface area (Å²) in [7, 11) is 2.06. The van der Waals surface area contributed by atoms with Gasteiger partial charge >= 0.3 is 0 Å².